The molecule has 0 saturated heterocycles. The Morgan fingerprint density at radius 1 is 1.00 bits per heavy atom. The van der Waals surface area contributed by atoms with Crippen LogP contribution in [-0.2, 0) is 16.6 Å². The Balaban J connectivity index is 1.56. The predicted molar refractivity (Wildman–Crippen MR) is 108 cm³/mol. The molecule has 1 aromatic heterocycles. The lowest BCUT2D eigenvalue weighted by Crippen LogP contribution is -2.31. The molecule has 148 valence electrons. The fraction of sp³-hybridized carbons (Fsp3) is 0.250. The molecule has 0 fully saturated rings. The van der Waals surface area contributed by atoms with Crippen molar-refractivity contribution < 1.29 is 17.9 Å². The molecule has 0 unspecified atom stereocenters. The van der Waals surface area contributed by atoms with Gasteiger partial charge in [-0.05, 0) is 29.8 Å². The Labute approximate surface area is 164 Å². The topological polar surface area (TPSA) is 89.6 Å². The molecule has 0 radical (unpaired) electrons. The SMILES string of the molecule is COc1ccc(CNCCNS(=O)(=O)c2cccc3cnccc23)cc1OC. The summed E-state index contributed by atoms with van der Waals surface area (Å²) in [7, 11) is -0.424. The normalized spacial score (nSPS) is 11.5. The van der Waals surface area contributed by atoms with Crippen molar-refractivity contribution in [3.05, 3.63) is 60.4 Å². The number of methoxy groups -OCH3 is 2. The number of aromatic nitrogens is 1. The third-order valence-corrected chi connectivity index (χ3v) is 5.82. The van der Waals surface area contributed by atoms with Gasteiger partial charge in [-0.2, -0.15) is 0 Å². The van der Waals surface area contributed by atoms with Gasteiger partial charge < -0.3 is 14.8 Å². The zero-order valence-corrected chi connectivity index (χ0v) is 16.6. The molecule has 2 aromatic carbocycles. The van der Waals surface area contributed by atoms with Gasteiger partial charge in [0.2, 0.25) is 10.0 Å². The molecule has 8 heteroatoms. The van der Waals surface area contributed by atoms with Crippen LogP contribution in [0.3, 0.4) is 0 Å². The Hall–Kier alpha value is -2.68. The number of sulfonamides is 1. The van der Waals surface area contributed by atoms with Crippen LogP contribution in [0.25, 0.3) is 10.8 Å². The quantitative estimate of drug-likeness (QED) is 0.535. The molecular weight excluding hydrogens is 378 g/mol. The zero-order valence-electron chi connectivity index (χ0n) is 15.8. The number of benzene rings is 2. The highest BCUT2D eigenvalue weighted by Gasteiger charge is 2.16. The summed E-state index contributed by atoms with van der Waals surface area (Å²) in [5.41, 5.74) is 1.02. The molecule has 0 aliphatic rings. The van der Waals surface area contributed by atoms with Crippen LogP contribution in [0.4, 0.5) is 0 Å². The first-order chi connectivity index (χ1) is 13.5. The second kappa shape index (κ2) is 9.01. The molecule has 3 aromatic rings. The average molecular weight is 401 g/mol. The maximum Gasteiger partial charge on any atom is 0.241 e. The van der Waals surface area contributed by atoms with E-state index in [2.05, 4.69) is 15.0 Å². The highest BCUT2D eigenvalue weighted by atomic mass is 32.2. The molecule has 0 spiro atoms. The molecule has 0 saturated carbocycles. The van der Waals surface area contributed by atoms with Crippen LogP contribution in [0.1, 0.15) is 5.56 Å². The molecule has 0 aliphatic heterocycles. The van der Waals surface area contributed by atoms with E-state index in [1.807, 2.05) is 24.3 Å². The maximum atomic E-state index is 12.6. The van der Waals surface area contributed by atoms with E-state index in [1.54, 1.807) is 44.8 Å². The zero-order chi connectivity index (χ0) is 20.0. The largest absolute Gasteiger partial charge is 0.493 e. The van der Waals surface area contributed by atoms with Crippen molar-refractivity contribution in [1.29, 1.82) is 0 Å². The lowest BCUT2D eigenvalue weighted by Gasteiger charge is -2.11. The summed E-state index contributed by atoms with van der Waals surface area (Å²) < 4.78 is 38.4. The van der Waals surface area contributed by atoms with Gasteiger partial charge in [-0.25, -0.2) is 13.1 Å². The summed E-state index contributed by atoms with van der Waals surface area (Å²) in [5, 5.41) is 4.66. The van der Waals surface area contributed by atoms with E-state index in [1.165, 1.54) is 0 Å². The van der Waals surface area contributed by atoms with E-state index in [0.717, 1.165) is 10.9 Å². The van der Waals surface area contributed by atoms with Crippen molar-refractivity contribution in [2.24, 2.45) is 0 Å². The van der Waals surface area contributed by atoms with E-state index in [4.69, 9.17) is 9.47 Å². The number of nitrogens with one attached hydrogen (secondary N) is 2. The molecule has 2 N–H and O–H groups in total. The summed E-state index contributed by atoms with van der Waals surface area (Å²) in [6, 6.07) is 12.5. The number of nitrogens with zero attached hydrogens (tertiary/aromatic N) is 1. The standard InChI is InChI=1S/C20H23N3O4S/c1-26-18-7-6-15(12-19(18)27-2)13-22-10-11-23-28(24,25)20-5-3-4-16-14-21-9-8-17(16)20/h3-9,12,14,22-23H,10-11,13H2,1-2H3. The summed E-state index contributed by atoms with van der Waals surface area (Å²) in [6.07, 6.45) is 3.24. The van der Waals surface area contributed by atoms with Crippen molar-refractivity contribution >= 4 is 20.8 Å². The van der Waals surface area contributed by atoms with Gasteiger partial charge in [0.05, 0.1) is 19.1 Å². The van der Waals surface area contributed by atoms with E-state index in [-0.39, 0.29) is 11.4 Å². The van der Waals surface area contributed by atoms with Crippen LogP contribution in [-0.4, -0.2) is 40.7 Å². The van der Waals surface area contributed by atoms with Gasteiger partial charge in [-0.3, -0.25) is 4.98 Å². The van der Waals surface area contributed by atoms with Crippen LogP contribution >= 0.6 is 0 Å². The lowest BCUT2D eigenvalue weighted by molar-refractivity contribution is 0.354. The number of ether oxygens (including phenoxy) is 2. The van der Waals surface area contributed by atoms with Gasteiger partial charge in [0, 0.05) is 42.8 Å². The first-order valence-electron chi connectivity index (χ1n) is 8.79. The number of hydrogen-bond acceptors (Lipinski definition) is 6. The highest BCUT2D eigenvalue weighted by molar-refractivity contribution is 7.89. The fourth-order valence-corrected chi connectivity index (χ4v) is 4.16. The molecule has 0 aliphatic carbocycles. The van der Waals surface area contributed by atoms with Gasteiger partial charge in [0.25, 0.3) is 0 Å². The molecule has 7 nitrogen and oxygen atoms in total. The number of pyridine rings is 1. The summed E-state index contributed by atoms with van der Waals surface area (Å²) in [4.78, 5) is 4.29. The van der Waals surface area contributed by atoms with Gasteiger partial charge in [-0.15, -0.1) is 0 Å². The van der Waals surface area contributed by atoms with Crippen LogP contribution in [0.15, 0.2) is 59.8 Å². The van der Waals surface area contributed by atoms with Crippen LogP contribution in [0, 0.1) is 0 Å². The second-order valence-electron chi connectivity index (χ2n) is 6.12. The molecular formula is C20H23N3O4S. The van der Waals surface area contributed by atoms with E-state index < -0.39 is 10.0 Å². The van der Waals surface area contributed by atoms with Gasteiger partial charge in [0.15, 0.2) is 11.5 Å². The first kappa shape index (κ1) is 20.1. The summed E-state index contributed by atoms with van der Waals surface area (Å²) in [5.74, 6) is 1.33. The minimum Gasteiger partial charge on any atom is -0.493 e. The number of rotatable bonds is 9. The van der Waals surface area contributed by atoms with Gasteiger partial charge in [0.1, 0.15) is 0 Å². The second-order valence-corrected chi connectivity index (χ2v) is 7.85. The minimum absolute atomic E-state index is 0.257. The van der Waals surface area contributed by atoms with Crippen molar-refractivity contribution in [2.45, 2.75) is 11.4 Å². The van der Waals surface area contributed by atoms with Crippen LogP contribution < -0.4 is 19.5 Å². The molecule has 0 atom stereocenters. The van der Waals surface area contributed by atoms with Crippen molar-refractivity contribution in [3.8, 4) is 11.5 Å². The third kappa shape index (κ3) is 4.59. The number of fused-ring (bicyclic) bond motifs is 1. The Kier molecular flexibility index (Phi) is 6.45. The van der Waals surface area contributed by atoms with Gasteiger partial charge in [-0.1, -0.05) is 18.2 Å². The van der Waals surface area contributed by atoms with E-state index in [9.17, 15) is 8.42 Å². The smallest absolute Gasteiger partial charge is 0.241 e. The Morgan fingerprint density at radius 2 is 1.82 bits per heavy atom. The highest BCUT2D eigenvalue weighted by Crippen LogP contribution is 2.27. The molecule has 3 rings (SSSR count). The van der Waals surface area contributed by atoms with E-state index in [0.29, 0.717) is 30.0 Å². The van der Waals surface area contributed by atoms with Crippen molar-refractivity contribution in [1.82, 2.24) is 15.0 Å². The van der Waals surface area contributed by atoms with Crippen molar-refractivity contribution in [3.63, 3.8) is 0 Å². The number of hydrogen-bond donors (Lipinski definition) is 2. The summed E-state index contributed by atoms with van der Waals surface area (Å²) >= 11 is 0. The maximum absolute atomic E-state index is 12.6. The Morgan fingerprint density at radius 3 is 2.61 bits per heavy atom. The minimum atomic E-state index is -3.61. The predicted octanol–water partition coefficient (Wildman–Crippen LogP) is 2.32. The molecule has 28 heavy (non-hydrogen) atoms. The molecule has 0 bridgehead atoms. The third-order valence-electron chi connectivity index (χ3n) is 4.30. The first-order valence-corrected chi connectivity index (χ1v) is 10.3. The van der Waals surface area contributed by atoms with Crippen LogP contribution in [0.2, 0.25) is 0 Å². The molecule has 1 heterocycles. The molecule has 0 amide bonds. The average Bonchev–Trinajstić information content (AvgIpc) is 2.72. The lowest BCUT2D eigenvalue weighted by atomic mass is 10.2. The van der Waals surface area contributed by atoms with E-state index >= 15 is 0 Å². The monoisotopic (exact) mass is 401 g/mol. The van der Waals surface area contributed by atoms with Crippen molar-refractivity contribution in [2.75, 3.05) is 27.3 Å². The fourth-order valence-electron chi connectivity index (χ4n) is 2.90. The van der Waals surface area contributed by atoms with Crippen LogP contribution in [0.5, 0.6) is 11.5 Å². The Bertz CT molecular complexity index is 1050. The summed E-state index contributed by atoms with van der Waals surface area (Å²) in [6.45, 7) is 1.35. The van der Waals surface area contributed by atoms with Gasteiger partial charge >= 0.3 is 0 Å².